The van der Waals surface area contributed by atoms with E-state index in [4.69, 9.17) is 4.74 Å². The molecule has 0 unspecified atom stereocenters. The number of hydrogen-bond acceptors (Lipinski definition) is 5. The maximum atomic E-state index is 12.5. The highest BCUT2D eigenvalue weighted by atomic mass is 16.5. The lowest BCUT2D eigenvalue weighted by Crippen LogP contribution is -2.18. The molecular weight excluding hydrogens is 392 g/mol. The number of fused-ring (bicyclic) bond motifs is 1. The van der Waals surface area contributed by atoms with Crippen LogP contribution in [0, 0.1) is 0 Å². The first-order chi connectivity index (χ1) is 15.2. The number of phenols is 1. The number of rotatable bonds is 7. The van der Waals surface area contributed by atoms with Crippen LogP contribution in [0.25, 0.3) is 22.0 Å². The van der Waals surface area contributed by atoms with Gasteiger partial charge in [0, 0.05) is 11.1 Å². The summed E-state index contributed by atoms with van der Waals surface area (Å²) in [5.41, 5.74) is 4.67. The van der Waals surface area contributed by atoms with Crippen molar-refractivity contribution in [1.29, 1.82) is 0 Å². The number of hydrazone groups is 1. The number of ether oxygens (including phenoxy) is 1. The van der Waals surface area contributed by atoms with Crippen molar-refractivity contribution in [1.82, 2.24) is 15.6 Å². The number of aromatic nitrogens is 2. The van der Waals surface area contributed by atoms with E-state index in [0.29, 0.717) is 23.6 Å². The van der Waals surface area contributed by atoms with Crippen LogP contribution in [0.2, 0.25) is 0 Å². The SMILES string of the molecule is CCCOc1ccccc1-c1cc(C(=O)N/N=C\c2c(O)ccc3ccccc23)[nH]n1. The summed E-state index contributed by atoms with van der Waals surface area (Å²) in [7, 11) is 0. The molecule has 31 heavy (non-hydrogen) atoms. The van der Waals surface area contributed by atoms with Gasteiger partial charge in [-0.15, -0.1) is 0 Å². The number of phenolic OH excluding ortho intramolecular Hbond substituents is 1. The fraction of sp³-hybridized carbons (Fsp3) is 0.125. The summed E-state index contributed by atoms with van der Waals surface area (Å²) < 4.78 is 5.77. The van der Waals surface area contributed by atoms with Gasteiger partial charge in [0.2, 0.25) is 0 Å². The molecule has 0 fully saturated rings. The van der Waals surface area contributed by atoms with Gasteiger partial charge >= 0.3 is 0 Å². The lowest BCUT2D eigenvalue weighted by Gasteiger charge is -2.08. The Morgan fingerprint density at radius 3 is 2.84 bits per heavy atom. The van der Waals surface area contributed by atoms with Crippen LogP contribution >= 0.6 is 0 Å². The molecule has 4 rings (SSSR count). The first kappa shape index (κ1) is 20.2. The molecule has 1 aromatic heterocycles. The van der Waals surface area contributed by atoms with E-state index in [1.165, 1.54) is 6.21 Å². The molecule has 7 nitrogen and oxygen atoms in total. The summed E-state index contributed by atoms with van der Waals surface area (Å²) >= 11 is 0. The molecule has 7 heteroatoms. The Kier molecular flexibility index (Phi) is 5.93. The van der Waals surface area contributed by atoms with Crippen molar-refractivity contribution >= 4 is 22.9 Å². The molecule has 0 aliphatic rings. The summed E-state index contributed by atoms with van der Waals surface area (Å²) in [5.74, 6) is 0.359. The average Bonchev–Trinajstić information content (AvgIpc) is 3.29. The average molecular weight is 414 g/mol. The van der Waals surface area contributed by atoms with E-state index in [1.807, 2.05) is 61.5 Å². The quantitative estimate of drug-likeness (QED) is 0.306. The molecule has 0 aliphatic heterocycles. The monoisotopic (exact) mass is 414 g/mol. The normalized spacial score (nSPS) is 11.1. The Bertz CT molecular complexity index is 1250. The molecule has 1 amide bonds. The minimum Gasteiger partial charge on any atom is -0.507 e. The van der Waals surface area contributed by atoms with Gasteiger partial charge < -0.3 is 9.84 Å². The summed E-state index contributed by atoms with van der Waals surface area (Å²) in [5, 5.41) is 23.0. The summed E-state index contributed by atoms with van der Waals surface area (Å²) in [6.45, 7) is 2.64. The van der Waals surface area contributed by atoms with Crippen LogP contribution in [0.1, 0.15) is 29.4 Å². The predicted molar refractivity (Wildman–Crippen MR) is 120 cm³/mol. The van der Waals surface area contributed by atoms with Crippen LogP contribution < -0.4 is 10.2 Å². The van der Waals surface area contributed by atoms with E-state index in [9.17, 15) is 9.90 Å². The van der Waals surface area contributed by atoms with Crippen LogP contribution in [0.5, 0.6) is 11.5 Å². The number of benzene rings is 3. The molecule has 3 aromatic carbocycles. The van der Waals surface area contributed by atoms with Crippen LogP contribution in [0.3, 0.4) is 0 Å². The molecule has 0 aliphatic carbocycles. The van der Waals surface area contributed by atoms with Gasteiger partial charge in [0.25, 0.3) is 5.91 Å². The number of amides is 1. The molecule has 0 atom stereocenters. The number of carbonyl (C=O) groups excluding carboxylic acids is 1. The minimum absolute atomic E-state index is 0.0872. The van der Waals surface area contributed by atoms with E-state index >= 15 is 0 Å². The molecule has 0 bridgehead atoms. The predicted octanol–water partition coefficient (Wildman–Crippen LogP) is 4.49. The van der Waals surface area contributed by atoms with Crippen LogP contribution in [0.15, 0.2) is 71.8 Å². The highest BCUT2D eigenvalue weighted by molar-refractivity contribution is 6.03. The second kappa shape index (κ2) is 9.13. The summed E-state index contributed by atoms with van der Waals surface area (Å²) in [6, 6.07) is 20.3. The zero-order valence-electron chi connectivity index (χ0n) is 17.0. The van der Waals surface area contributed by atoms with Gasteiger partial charge in [0.15, 0.2) is 0 Å². The van der Waals surface area contributed by atoms with Crippen LogP contribution in [-0.4, -0.2) is 34.0 Å². The second-order valence-corrected chi connectivity index (χ2v) is 6.93. The number of H-pyrrole nitrogens is 1. The van der Waals surface area contributed by atoms with Crippen LogP contribution in [0.4, 0.5) is 0 Å². The molecule has 0 radical (unpaired) electrons. The Morgan fingerprint density at radius 2 is 1.97 bits per heavy atom. The Labute approximate surface area is 179 Å². The van der Waals surface area contributed by atoms with Crippen molar-refractivity contribution in [2.45, 2.75) is 13.3 Å². The number of aromatic hydroxyl groups is 1. The van der Waals surface area contributed by atoms with E-state index in [0.717, 1.165) is 22.8 Å². The molecule has 0 spiro atoms. The van der Waals surface area contributed by atoms with Gasteiger partial charge in [-0.3, -0.25) is 9.89 Å². The summed E-state index contributed by atoms with van der Waals surface area (Å²) in [6.07, 6.45) is 2.33. The van der Waals surface area contributed by atoms with Crippen molar-refractivity contribution in [2.75, 3.05) is 6.61 Å². The van der Waals surface area contributed by atoms with Gasteiger partial charge in [-0.05, 0) is 41.5 Å². The first-order valence-electron chi connectivity index (χ1n) is 9.99. The van der Waals surface area contributed by atoms with Crippen molar-refractivity contribution in [3.05, 3.63) is 78.0 Å². The maximum absolute atomic E-state index is 12.5. The van der Waals surface area contributed by atoms with Crippen molar-refractivity contribution < 1.29 is 14.6 Å². The highest BCUT2D eigenvalue weighted by Gasteiger charge is 2.14. The number of aromatic amines is 1. The standard InChI is InChI=1S/C24H22N4O3/c1-2-13-31-23-10-6-5-9-18(23)20-14-21(27-26-20)24(30)28-25-15-19-17-8-4-3-7-16(17)11-12-22(19)29/h3-12,14-15,29H,2,13H2,1H3,(H,26,27)(H,28,30)/b25-15-. The van der Waals surface area contributed by atoms with Gasteiger partial charge in [0.05, 0.1) is 18.5 Å². The molecule has 0 saturated heterocycles. The summed E-state index contributed by atoms with van der Waals surface area (Å²) in [4.78, 5) is 12.5. The Balaban J connectivity index is 1.50. The van der Waals surface area contributed by atoms with E-state index < -0.39 is 5.91 Å². The number of carbonyl (C=O) groups is 1. The molecule has 3 N–H and O–H groups in total. The van der Waals surface area contributed by atoms with Crippen molar-refractivity contribution in [2.24, 2.45) is 5.10 Å². The zero-order chi connectivity index (χ0) is 21.6. The number of para-hydroxylation sites is 1. The lowest BCUT2D eigenvalue weighted by molar-refractivity contribution is 0.0950. The van der Waals surface area contributed by atoms with Gasteiger partial charge in [-0.1, -0.05) is 49.4 Å². The molecule has 0 saturated carbocycles. The largest absolute Gasteiger partial charge is 0.507 e. The number of nitrogens with zero attached hydrogens (tertiary/aromatic N) is 2. The van der Waals surface area contributed by atoms with Crippen molar-refractivity contribution in [3.63, 3.8) is 0 Å². The maximum Gasteiger partial charge on any atom is 0.289 e. The third-order valence-corrected chi connectivity index (χ3v) is 4.75. The topological polar surface area (TPSA) is 99.6 Å². The Hall–Kier alpha value is -4.13. The van der Waals surface area contributed by atoms with Crippen LogP contribution in [-0.2, 0) is 0 Å². The number of nitrogens with one attached hydrogen (secondary N) is 2. The zero-order valence-corrected chi connectivity index (χ0v) is 17.0. The molecule has 156 valence electrons. The Morgan fingerprint density at radius 1 is 1.16 bits per heavy atom. The molecule has 4 aromatic rings. The van der Waals surface area contributed by atoms with Crippen molar-refractivity contribution in [3.8, 4) is 22.8 Å². The minimum atomic E-state index is -0.443. The third-order valence-electron chi connectivity index (χ3n) is 4.75. The second-order valence-electron chi connectivity index (χ2n) is 6.93. The highest BCUT2D eigenvalue weighted by Crippen LogP contribution is 2.29. The number of hydrogen-bond donors (Lipinski definition) is 3. The first-order valence-corrected chi connectivity index (χ1v) is 9.99. The van der Waals surface area contributed by atoms with E-state index in [2.05, 4.69) is 20.7 Å². The fourth-order valence-corrected chi connectivity index (χ4v) is 3.23. The lowest BCUT2D eigenvalue weighted by atomic mass is 10.0. The van der Waals surface area contributed by atoms with E-state index in [-0.39, 0.29) is 11.4 Å². The smallest absolute Gasteiger partial charge is 0.289 e. The molecular formula is C24H22N4O3. The van der Waals surface area contributed by atoms with E-state index in [1.54, 1.807) is 12.1 Å². The van der Waals surface area contributed by atoms with Gasteiger partial charge in [0.1, 0.15) is 17.2 Å². The molecule has 1 heterocycles. The van der Waals surface area contributed by atoms with Gasteiger partial charge in [-0.25, -0.2) is 5.43 Å². The fourth-order valence-electron chi connectivity index (χ4n) is 3.23. The third kappa shape index (κ3) is 4.40. The van der Waals surface area contributed by atoms with Gasteiger partial charge in [-0.2, -0.15) is 10.2 Å².